The SMILES string of the molecule is CS(=O)(=O)c1cccc(-c2ccc(C(=O)NCCCCN3CCc4ccc(OS(=O)(=O)C(F)(F)F)cc4C3)cc2)c1. The molecule has 1 N–H and O–H groups in total. The van der Waals surface area contributed by atoms with E-state index in [1.165, 1.54) is 18.2 Å². The van der Waals surface area contributed by atoms with Crippen LogP contribution in [0.5, 0.6) is 5.75 Å². The van der Waals surface area contributed by atoms with Crippen LogP contribution in [0, 0.1) is 0 Å². The van der Waals surface area contributed by atoms with Crippen LogP contribution >= 0.6 is 0 Å². The second-order valence-electron chi connectivity index (χ2n) is 9.78. The van der Waals surface area contributed by atoms with Gasteiger partial charge in [-0.15, -0.1) is 0 Å². The summed E-state index contributed by atoms with van der Waals surface area (Å²) in [4.78, 5) is 14.9. The normalized spacial score (nSPS) is 14.3. The van der Waals surface area contributed by atoms with E-state index in [1.54, 1.807) is 48.5 Å². The lowest BCUT2D eigenvalue weighted by Gasteiger charge is -2.29. The zero-order valence-corrected chi connectivity index (χ0v) is 23.8. The highest BCUT2D eigenvalue weighted by molar-refractivity contribution is 7.90. The molecule has 0 atom stereocenters. The van der Waals surface area contributed by atoms with Crippen molar-refractivity contribution in [3.8, 4) is 16.9 Å². The van der Waals surface area contributed by atoms with Crippen LogP contribution in [0.4, 0.5) is 13.2 Å². The molecule has 0 radical (unpaired) electrons. The van der Waals surface area contributed by atoms with Gasteiger partial charge < -0.3 is 9.50 Å². The number of benzene rings is 3. The lowest BCUT2D eigenvalue weighted by atomic mass is 9.99. The Kier molecular flexibility index (Phi) is 9.10. The van der Waals surface area contributed by atoms with Gasteiger partial charge >= 0.3 is 15.6 Å². The van der Waals surface area contributed by atoms with Gasteiger partial charge in [-0.05, 0) is 84.5 Å². The number of sulfone groups is 1. The Balaban J connectivity index is 1.23. The number of halogens is 3. The average Bonchev–Trinajstić information content (AvgIpc) is 2.91. The highest BCUT2D eigenvalue weighted by atomic mass is 32.2. The lowest BCUT2D eigenvalue weighted by Crippen LogP contribution is -2.32. The summed E-state index contributed by atoms with van der Waals surface area (Å²) in [7, 11) is -9.06. The zero-order valence-electron chi connectivity index (χ0n) is 22.1. The fourth-order valence-corrected chi connectivity index (χ4v) is 5.61. The molecule has 0 unspecified atom stereocenters. The third kappa shape index (κ3) is 7.86. The number of unbranched alkanes of at least 4 members (excludes halogenated alkanes) is 1. The quantitative estimate of drug-likeness (QED) is 0.204. The second kappa shape index (κ2) is 12.2. The number of nitrogens with one attached hydrogen (secondary N) is 1. The lowest BCUT2D eigenvalue weighted by molar-refractivity contribution is -0.0500. The summed E-state index contributed by atoms with van der Waals surface area (Å²) in [6.45, 7) is 2.35. The van der Waals surface area contributed by atoms with E-state index in [9.17, 15) is 34.8 Å². The monoisotopic (exact) mass is 610 g/mol. The van der Waals surface area contributed by atoms with Gasteiger partial charge in [-0.2, -0.15) is 21.6 Å². The maximum atomic E-state index is 12.6. The van der Waals surface area contributed by atoms with Crippen LogP contribution in [0.1, 0.15) is 34.3 Å². The Morgan fingerprint density at radius 2 is 1.66 bits per heavy atom. The third-order valence-corrected chi connectivity index (χ3v) is 8.78. The maximum Gasteiger partial charge on any atom is 0.534 e. The average molecular weight is 611 g/mol. The number of nitrogens with zero attached hydrogens (tertiary/aromatic N) is 1. The van der Waals surface area contributed by atoms with Crippen LogP contribution in [0.25, 0.3) is 11.1 Å². The smallest absolute Gasteiger partial charge is 0.376 e. The Bertz CT molecular complexity index is 1620. The first-order valence-electron chi connectivity index (χ1n) is 12.8. The molecule has 0 fully saturated rings. The first kappa shape index (κ1) is 30.5. The van der Waals surface area contributed by atoms with E-state index in [-0.39, 0.29) is 16.6 Å². The van der Waals surface area contributed by atoms with Gasteiger partial charge in [-0.3, -0.25) is 9.69 Å². The predicted molar refractivity (Wildman–Crippen MR) is 148 cm³/mol. The summed E-state index contributed by atoms with van der Waals surface area (Å²) < 4.78 is 88.4. The molecule has 1 aliphatic heterocycles. The number of amides is 1. The van der Waals surface area contributed by atoms with Crippen molar-refractivity contribution in [3.63, 3.8) is 0 Å². The number of carbonyl (C=O) groups is 1. The third-order valence-electron chi connectivity index (χ3n) is 6.69. The van der Waals surface area contributed by atoms with E-state index in [4.69, 9.17) is 0 Å². The highest BCUT2D eigenvalue weighted by Crippen LogP contribution is 2.30. The summed E-state index contributed by atoms with van der Waals surface area (Å²) >= 11 is 0. The molecule has 3 aromatic rings. The van der Waals surface area contributed by atoms with E-state index in [0.29, 0.717) is 43.6 Å². The fourth-order valence-electron chi connectivity index (χ4n) is 4.49. The molecule has 0 saturated heterocycles. The number of rotatable bonds is 10. The van der Waals surface area contributed by atoms with Crippen molar-refractivity contribution in [2.24, 2.45) is 0 Å². The van der Waals surface area contributed by atoms with Gasteiger partial charge in [0.15, 0.2) is 9.84 Å². The van der Waals surface area contributed by atoms with Crippen LogP contribution in [-0.2, 0) is 32.9 Å². The first-order valence-corrected chi connectivity index (χ1v) is 16.1. The minimum Gasteiger partial charge on any atom is -0.376 e. The van der Waals surface area contributed by atoms with Crippen molar-refractivity contribution in [1.82, 2.24) is 10.2 Å². The second-order valence-corrected chi connectivity index (χ2v) is 13.3. The summed E-state index contributed by atoms with van der Waals surface area (Å²) in [5.74, 6) is -0.601. The van der Waals surface area contributed by atoms with Crippen LogP contribution in [0.15, 0.2) is 71.6 Å². The van der Waals surface area contributed by atoms with Crippen molar-refractivity contribution >= 4 is 25.9 Å². The Morgan fingerprint density at radius 1 is 0.927 bits per heavy atom. The number of hydrogen-bond acceptors (Lipinski definition) is 7. The predicted octanol–water partition coefficient (Wildman–Crippen LogP) is 4.55. The summed E-state index contributed by atoms with van der Waals surface area (Å²) in [6.07, 6.45) is 3.30. The molecule has 0 bridgehead atoms. The van der Waals surface area contributed by atoms with Crippen LogP contribution < -0.4 is 9.50 Å². The summed E-state index contributed by atoms with van der Waals surface area (Å²) in [6, 6.07) is 17.6. The van der Waals surface area contributed by atoms with Gasteiger partial charge in [-0.1, -0.05) is 30.3 Å². The summed E-state index contributed by atoms with van der Waals surface area (Å²) in [5, 5.41) is 2.88. The Morgan fingerprint density at radius 3 is 2.34 bits per heavy atom. The molecule has 1 aliphatic rings. The van der Waals surface area contributed by atoms with Crippen molar-refractivity contribution in [3.05, 3.63) is 83.4 Å². The van der Waals surface area contributed by atoms with E-state index in [0.717, 1.165) is 35.9 Å². The fraction of sp³-hybridized carbons (Fsp3) is 0.321. The molecule has 41 heavy (non-hydrogen) atoms. The van der Waals surface area contributed by atoms with Gasteiger partial charge in [-0.25, -0.2) is 8.42 Å². The van der Waals surface area contributed by atoms with Crippen LogP contribution in [0.3, 0.4) is 0 Å². The van der Waals surface area contributed by atoms with E-state index in [1.807, 2.05) is 0 Å². The van der Waals surface area contributed by atoms with E-state index in [2.05, 4.69) is 14.4 Å². The van der Waals surface area contributed by atoms with Crippen molar-refractivity contribution in [2.45, 2.75) is 36.2 Å². The van der Waals surface area contributed by atoms with Crippen molar-refractivity contribution in [2.75, 3.05) is 25.9 Å². The van der Waals surface area contributed by atoms with Gasteiger partial charge in [0.05, 0.1) is 4.90 Å². The van der Waals surface area contributed by atoms with Crippen LogP contribution in [-0.4, -0.2) is 59.0 Å². The molecule has 0 saturated carbocycles. The van der Waals surface area contributed by atoms with E-state index < -0.39 is 25.5 Å². The minimum atomic E-state index is -5.73. The Labute approximate surface area is 237 Å². The van der Waals surface area contributed by atoms with Crippen LogP contribution in [0.2, 0.25) is 0 Å². The summed E-state index contributed by atoms with van der Waals surface area (Å²) in [5.41, 5.74) is -1.86. The molecule has 13 heteroatoms. The van der Waals surface area contributed by atoms with Gasteiger partial charge in [0, 0.05) is 31.5 Å². The largest absolute Gasteiger partial charge is 0.534 e. The van der Waals surface area contributed by atoms with Gasteiger partial charge in [0.1, 0.15) is 5.75 Å². The standard InChI is InChI=1S/C28H29F3N2O6S2/c1-40(35,36)26-6-4-5-23(18-26)20-7-9-22(10-8-20)27(34)32-14-2-3-15-33-16-13-21-11-12-25(17-24(21)19-33)39-41(37,38)28(29,30)31/h4-12,17-18H,2-3,13-16,19H2,1H3,(H,32,34). The minimum absolute atomic E-state index is 0.223. The number of fused-ring (bicyclic) bond motifs is 1. The van der Waals surface area contributed by atoms with Gasteiger partial charge in [0.2, 0.25) is 0 Å². The zero-order chi connectivity index (χ0) is 29.8. The van der Waals surface area contributed by atoms with Crippen molar-refractivity contribution < 1.29 is 39.0 Å². The molecular weight excluding hydrogens is 581 g/mol. The molecule has 3 aromatic carbocycles. The first-order chi connectivity index (χ1) is 19.2. The maximum absolute atomic E-state index is 12.6. The highest BCUT2D eigenvalue weighted by Gasteiger charge is 2.48. The molecular formula is C28H29F3N2O6S2. The molecule has 8 nitrogen and oxygen atoms in total. The molecule has 1 heterocycles. The molecule has 4 rings (SSSR count). The number of hydrogen-bond donors (Lipinski definition) is 1. The Hall–Kier alpha value is -3.42. The number of carbonyl (C=O) groups excluding carboxylic acids is 1. The van der Waals surface area contributed by atoms with Gasteiger partial charge in [0.25, 0.3) is 5.91 Å². The molecule has 1 amide bonds. The van der Waals surface area contributed by atoms with Crippen molar-refractivity contribution in [1.29, 1.82) is 0 Å². The van der Waals surface area contributed by atoms with E-state index >= 15 is 0 Å². The topological polar surface area (TPSA) is 110 Å². The molecule has 0 aromatic heterocycles. The molecule has 0 aliphatic carbocycles. The number of alkyl halides is 3. The molecule has 220 valence electrons. The molecule has 0 spiro atoms.